The van der Waals surface area contributed by atoms with Gasteiger partial charge in [-0.2, -0.15) is 0 Å². The highest BCUT2D eigenvalue weighted by Crippen LogP contribution is 2.33. The average Bonchev–Trinajstić information content (AvgIpc) is 3.00. The Hall–Kier alpha value is -1.81. The van der Waals surface area contributed by atoms with Crippen molar-refractivity contribution in [3.05, 3.63) is 63.8 Å². The molecule has 3 rings (SSSR count). The molecule has 0 spiro atoms. The predicted octanol–water partition coefficient (Wildman–Crippen LogP) is 5.49. The van der Waals surface area contributed by atoms with Gasteiger partial charge in [0.15, 0.2) is 0 Å². The normalized spacial score (nSPS) is 12.1. The lowest BCUT2D eigenvalue weighted by Crippen LogP contribution is -2.16. The summed E-state index contributed by atoms with van der Waals surface area (Å²) < 4.78 is 28.5. The van der Waals surface area contributed by atoms with E-state index in [2.05, 4.69) is 47.0 Å². The molecule has 0 fully saturated rings. The van der Waals surface area contributed by atoms with Gasteiger partial charge in [0.1, 0.15) is 8.07 Å². The second-order valence-electron chi connectivity index (χ2n) is 7.74. The van der Waals surface area contributed by atoms with Gasteiger partial charge in [-0.15, -0.1) is 5.54 Å². The summed E-state index contributed by atoms with van der Waals surface area (Å²) in [7, 11) is -5.24. The fraction of sp³-hybridized carbons (Fsp3) is 0.238. The zero-order valence-corrected chi connectivity index (χ0v) is 19.5. The molecular formula is C21H22BrNO2SSi. The zero-order valence-electron chi connectivity index (χ0n) is 16.1. The van der Waals surface area contributed by atoms with Crippen molar-refractivity contribution in [2.45, 2.75) is 38.4 Å². The van der Waals surface area contributed by atoms with Crippen molar-refractivity contribution in [1.82, 2.24) is 3.97 Å². The Balaban J connectivity index is 2.28. The predicted molar refractivity (Wildman–Crippen MR) is 118 cm³/mol. The lowest BCUT2D eigenvalue weighted by Gasteiger charge is -2.11. The van der Waals surface area contributed by atoms with Crippen molar-refractivity contribution in [3.8, 4) is 11.5 Å². The Morgan fingerprint density at radius 1 is 1.04 bits per heavy atom. The zero-order chi connectivity index (χ0) is 20.0. The monoisotopic (exact) mass is 459 g/mol. The van der Waals surface area contributed by atoms with Gasteiger partial charge in [0.05, 0.1) is 10.4 Å². The summed E-state index contributed by atoms with van der Waals surface area (Å²) >= 11 is 3.55. The van der Waals surface area contributed by atoms with E-state index >= 15 is 0 Å². The molecule has 1 aromatic heterocycles. The summed E-state index contributed by atoms with van der Waals surface area (Å²) in [6.45, 7) is 10.5. The van der Waals surface area contributed by atoms with Crippen molar-refractivity contribution < 1.29 is 8.42 Å². The molecule has 0 saturated carbocycles. The van der Waals surface area contributed by atoms with E-state index in [4.69, 9.17) is 0 Å². The smallest absolute Gasteiger partial charge is 0.240 e. The second-order valence-corrected chi connectivity index (χ2v) is 15.2. The van der Waals surface area contributed by atoms with Crippen molar-refractivity contribution in [3.63, 3.8) is 0 Å². The van der Waals surface area contributed by atoms with Crippen LogP contribution in [0.4, 0.5) is 0 Å². The highest BCUT2D eigenvalue weighted by atomic mass is 79.9. The third-order valence-electron chi connectivity index (χ3n) is 4.23. The second kappa shape index (κ2) is 6.97. The maximum atomic E-state index is 13.2. The first-order valence-electron chi connectivity index (χ1n) is 8.66. The Morgan fingerprint density at radius 3 is 2.26 bits per heavy atom. The lowest BCUT2D eigenvalue weighted by atomic mass is 10.1. The number of aromatic nitrogens is 1. The van der Waals surface area contributed by atoms with E-state index < -0.39 is 18.1 Å². The van der Waals surface area contributed by atoms with Gasteiger partial charge in [-0.05, 0) is 59.6 Å². The van der Waals surface area contributed by atoms with Crippen LogP contribution in [0.3, 0.4) is 0 Å². The Bertz CT molecular complexity index is 1190. The standard InChI is InChI=1S/C21H22BrNO2SSi/c1-15-6-8-17(9-7-15)26(24,25)23-12-10-19-18(11-13-27(3,4)5)16(2)14-20(22)21(19)23/h6-10,12,14H,1-5H3. The molecule has 0 radical (unpaired) electrons. The van der Waals surface area contributed by atoms with Gasteiger partial charge < -0.3 is 0 Å². The van der Waals surface area contributed by atoms with Gasteiger partial charge in [0, 0.05) is 21.6 Å². The molecule has 3 nitrogen and oxygen atoms in total. The molecular weight excluding hydrogens is 438 g/mol. The number of hydrogen-bond donors (Lipinski definition) is 0. The van der Waals surface area contributed by atoms with Crippen LogP contribution in [0, 0.1) is 25.3 Å². The molecule has 0 aliphatic heterocycles. The molecule has 0 saturated heterocycles. The Kier molecular flexibility index (Phi) is 5.15. The van der Waals surface area contributed by atoms with Crippen LogP contribution >= 0.6 is 15.9 Å². The number of benzene rings is 2. The maximum Gasteiger partial charge on any atom is 0.268 e. The van der Waals surface area contributed by atoms with Crippen LogP contribution in [0.25, 0.3) is 10.9 Å². The molecule has 0 amide bonds. The van der Waals surface area contributed by atoms with Gasteiger partial charge in [0.2, 0.25) is 0 Å². The molecule has 2 aromatic carbocycles. The first-order valence-corrected chi connectivity index (χ1v) is 14.4. The Labute approximate surface area is 170 Å². The van der Waals surface area contributed by atoms with Crippen LogP contribution in [-0.2, 0) is 10.0 Å². The third-order valence-corrected chi connectivity index (χ3v) is 7.40. The van der Waals surface area contributed by atoms with E-state index in [0.29, 0.717) is 5.52 Å². The van der Waals surface area contributed by atoms with E-state index in [9.17, 15) is 8.42 Å². The maximum absolute atomic E-state index is 13.2. The number of rotatable bonds is 2. The topological polar surface area (TPSA) is 39.1 Å². The van der Waals surface area contributed by atoms with Crippen LogP contribution < -0.4 is 0 Å². The summed E-state index contributed by atoms with van der Waals surface area (Å²) in [6.07, 6.45) is 1.61. The summed E-state index contributed by atoms with van der Waals surface area (Å²) in [5.41, 5.74) is 6.97. The number of halogens is 1. The summed E-state index contributed by atoms with van der Waals surface area (Å²) in [4.78, 5) is 0.271. The molecule has 1 heterocycles. The van der Waals surface area contributed by atoms with Crippen molar-refractivity contribution in [2.75, 3.05) is 0 Å². The molecule has 6 heteroatoms. The molecule has 0 atom stereocenters. The van der Waals surface area contributed by atoms with Gasteiger partial charge in [-0.25, -0.2) is 12.4 Å². The van der Waals surface area contributed by atoms with Crippen LogP contribution in [0.5, 0.6) is 0 Å². The lowest BCUT2D eigenvalue weighted by molar-refractivity contribution is 0.589. The first-order chi connectivity index (χ1) is 12.5. The number of fused-ring (bicyclic) bond motifs is 1. The number of aryl methyl sites for hydroxylation is 2. The van der Waals surface area contributed by atoms with E-state index in [1.807, 2.05) is 38.1 Å². The fourth-order valence-electron chi connectivity index (χ4n) is 2.83. The van der Waals surface area contributed by atoms with Crippen LogP contribution in [0.2, 0.25) is 19.6 Å². The van der Waals surface area contributed by atoms with Gasteiger partial charge >= 0.3 is 0 Å². The molecule has 0 bridgehead atoms. The summed E-state index contributed by atoms with van der Waals surface area (Å²) in [5.74, 6) is 3.32. The molecule has 0 aliphatic carbocycles. The van der Waals surface area contributed by atoms with Crippen molar-refractivity contribution in [2.24, 2.45) is 0 Å². The van der Waals surface area contributed by atoms with Gasteiger partial charge in [-0.3, -0.25) is 0 Å². The number of hydrogen-bond acceptors (Lipinski definition) is 2. The van der Waals surface area contributed by atoms with Crippen LogP contribution in [-0.4, -0.2) is 20.5 Å². The van der Waals surface area contributed by atoms with Crippen LogP contribution in [0.1, 0.15) is 16.7 Å². The fourth-order valence-corrected chi connectivity index (χ4v) is 5.56. The van der Waals surface area contributed by atoms with Gasteiger partial charge in [0.25, 0.3) is 10.0 Å². The SMILES string of the molecule is Cc1ccc(S(=O)(=O)n2ccc3c(C#C[Si](C)(C)C)c(C)cc(Br)c32)cc1. The van der Waals surface area contributed by atoms with Crippen molar-refractivity contribution in [1.29, 1.82) is 0 Å². The van der Waals surface area contributed by atoms with Crippen molar-refractivity contribution >= 4 is 44.9 Å². The quantitative estimate of drug-likeness (QED) is 0.375. The summed E-state index contributed by atoms with van der Waals surface area (Å²) in [5, 5.41) is 0.850. The molecule has 0 aliphatic rings. The molecule has 0 unspecified atom stereocenters. The minimum absolute atomic E-state index is 0.271. The molecule has 140 valence electrons. The van der Waals surface area contributed by atoms with E-state index in [1.165, 1.54) is 3.97 Å². The van der Waals surface area contributed by atoms with E-state index in [-0.39, 0.29) is 4.90 Å². The largest absolute Gasteiger partial charge is 0.268 e. The molecule has 27 heavy (non-hydrogen) atoms. The number of nitrogens with zero attached hydrogens (tertiary/aromatic N) is 1. The molecule has 0 N–H and O–H groups in total. The van der Waals surface area contributed by atoms with E-state index in [1.54, 1.807) is 18.3 Å². The highest BCUT2D eigenvalue weighted by Gasteiger charge is 2.22. The van der Waals surface area contributed by atoms with E-state index in [0.717, 1.165) is 26.5 Å². The van der Waals surface area contributed by atoms with Gasteiger partial charge in [-0.1, -0.05) is 43.3 Å². The molecule has 3 aromatic rings. The average molecular weight is 460 g/mol. The van der Waals surface area contributed by atoms with Crippen LogP contribution in [0.15, 0.2) is 52.0 Å². The highest BCUT2D eigenvalue weighted by molar-refractivity contribution is 9.10. The summed E-state index contributed by atoms with van der Waals surface area (Å²) in [6, 6.07) is 10.7. The first kappa shape index (κ1) is 19.9. The minimum atomic E-state index is -3.69. The third kappa shape index (κ3) is 3.91. The Morgan fingerprint density at radius 2 is 1.67 bits per heavy atom. The minimum Gasteiger partial charge on any atom is -0.240 e.